The van der Waals surface area contributed by atoms with E-state index in [1.807, 2.05) is 137 Å². The molecule has 0 aliphatic heterocycles. The van der Waals surface area contributed by atoms with Crippen LogP contribution in [0.1, 0.15) is 39.4 Å². The van der Waals surface area contributed by atoms with Crippen molar-refractivity contribution in [3.05, 3.63) is 143 Å². The standard InChI is InChI=1S/C31H32N2O2/c1-23-15-19-27(20-16-23)31(35,28-21-17-24(2)18-22-28)30(34)33(32(3)4)29(25-11-7-5-8-12-25)26-13-9-6-10-14-26/h5-22,29,35H,1-4H3. The second-order valence-corrected chi connectivity index (χ2v) is 9.16. The molecular formula is C31H32N2O2. The third-order valence-corrected chi connectivity index (χ3v) is 6.36. The first-order valence-electron chi connectivity index (χ1n) is 11.8. The van der Waals surface area contributed by atoms with Gasteiger partial charge in [0.05, 0.1) is 6.04 Å². The van der Waals surface area contributed by atoms with Crippen molar-refractivity contribution in [3.63, 3.8) is 0 Å². The number of hydrazine groups is 1. The molecule has 0 saturated heterocycles. The van der Waals surface area contributed by atoms with Crippen LogP contribution in [0.25, 0.3) is 0 Å². The molecule has 4 rings (SSSR count). The van der Waals surface area contributed by atoms with Gasteiger partial charge in [-0.2, -0.15) is 0 Å². The summed E-state index contributed by atoms with van der Waals surface area (Å²) in [7, 11) is 3.67. The second-order valence-electron chi connectivity index (χ2n) is 9.16. The van der Waals surface area contributed by atoms with E-state index in [2.05, 4.69) is 0 Å². The zero-order chi connectivity index (χ0) is 25.0. The molecule has 4 aromatic rings. The third-order valence-electron chi connectivity index (χ3n) is 6.36. The van der Waals surface area contributed by atoms with Gasteiger partial charge in [0.2, 0.25) is 0 Å². The van der Waals surface area contributed by atoms with Crippen molar-refractivity contribution in [2.75, 3.05) is 14.1 Å². The molecule has 0 saturated carbocycles. The number of benzene rings is 4. The molecule has 0 radical (unpaired) electrons. The molecule has 0 aliphatic rings. The Morgan fingerprint density at radius 3 is 1.37 bits per heavy atom. The molecule has 0 unspecified atom stereocenters. The Labute approximate surface area is 208 Å². The largest absolute Gasteiger partial charge is 0.372 e. The minimum atomic E-state index is -1.88. The molecule has 0 aromatic heterocycles. The van der Waals surface area contributed by atoms with Gasteiger partial charge in [0.25, 0.3) is 5.91 Å². The van der Waals surface area contributed by atoms with Crippen molar-refractivity contribution in [1.82, 2.24) is 10.0 Å². The number of aliphatic hydroxyl groups is 1. The summed E-state index contributed by atoms with van der Waals surface area (Å²) in [4.78, 5) is 14.6. The highest BCUT2D eigenvalue weighted by Gasteiger charge is 2.46. The molecule has 1 N–H and O–H groups in total. The zero-order valence-corrected chi connectivity index (χ0v) is 20.7. The normalized spacial score (nSPS) is 11.6. The van der Waals surface area contributed by atoms with Gasteiger partial charge in [-0.3, -0.25) is 9.80 Å². The van der Waals surface area contributed by atoms with E-state index < -0.39 is 17.6 Å². The molecule has 0 atom stereocenters. The molecule has 0 fully saturated rings. The molecule has 35 heavy (non-hydrogen) atoms. The summed E-state index contributed by atoms with van der Waals surface area (Å²) in [5, 5.41) is 15.8. The van der Waals surface area contributed by atoms with Crippen LogP contribution in [0.4, 0.5) is 0 Å². The maximum Gasteiger partial charge on any atom is 0.279 e. The average Bonchev–Trinajstić information content (AvgIpc) is 2.88. The smallest absolute Gasteiger partial charge is 0.279 e. The van der Waals surface area contributed by atoms with E-state index in [1.54, 1.807) is 10.0 Å². The van der Waals surface area contributed by atoms with Gasteiger partial charge in [0.15, 0.2) is 5.60 Å². The number of hydrogen-bond donors (Lipinski definition) is 1. The summed E-state index contributed by atoms with van der Waals surface area (Å²) >= 11 is 0. The number of nitrogens with zero attached hydrogens (tertiary/aromatic N) is 2. The molecule has 4 heteroatoms. The lowest BCUT2D eigenvalue weighted by Gasteiger charge is -2.42. The van der Waals surface area contributed by atoms with Crippen LogP contribution in [0.15, 0.2) is 109 Å². The lowest BCUT2D eigenvalue weighted by Crippen LogP contribution is -2.54. The molecule has 0 bridgehead atoms. The van der Waals surface area contributed by atoms with Crippen molar-refractivity contribution in [2.24, 2.45) is 0 Å². The van der Waals surface area contributed by atoms with Gasteiger partial charge < -0.3 is 5.11 Å². The fraction of sp³-hybridized carbons (Fsp3) is 0.194. The van der Waals surface area contributed by atoms with Crippen LogP contribution in [0.3, 0.4) is 0 Å². The van der Waals surface area contributed by atoms with Crippen molar-refractivity contribution in [2.45, 2.75) is 25.5 Å². The van der Waals surface area contributed by atoms with Crippen molar-refractivity contribution >= 4 is 5.91 Å². The van der Waals surface area contributed by atoms with Crippen molar-refractivity contribution < 1.29 is 9.90 Å². The maximum absolute atomic E-state index is 14.6. The number of carbonyl (C=O) groups is 1. The maximum atomic E-state index is 14.6. The van der Waals surface area contributed by atoms with E-state index >= 15 is 0 Å². The minimum absolute atomic E-state index is 0.423. The van der Waals surface area contributed by atoms with Gasteiger partial charge in [-0.05, 0) is 36.1 Å². The number of carbonyl (C=O) groups excluding carboxylic acids is 1. The number of hydrogen-bond acceptors (Lipinski definition) is 3. The van der Waals surface area contributed by atoms with Crippen LogP contribution in [-0.2, 0) is 10.4 Å². The summed E-state index contributed by atoms with van der Waals surface area (Å²) in [5.41, 5.74) is 3.21. The Bertz CT molecular complexity index is 1170. The Morgan fingerprint density at radius 2 is 1.03 bits per heavy atom. The molecule has 0 spiro atoms. The monoisotopic (exact) mass is 464 g/mol. The predicted molar refractivity (Wildman–Crippen MR) is 141 cm³/mol. The van der Waals surface area contributed by atoms with E-state index in [-0.39, 0.29) is 0 Å². The topological polar surface area (TPSA) is 43.8 Å². The van der Waals surface area contributed by atoms with E-state index in [4.69, 9.17) is 0 Å². The molecule has 178 valence electrons. The summed E-state index contributed by atoms with van der Waals surface area (Å²) in [5.74, 6) is -0.423. The lowest BCUT2D eigenvalue weighted by molar-refractivity contribution is -0.166. The summed E-state index contributed by atoms with van der Waals surface area (Å²) in [6, 6.07) is 34.4. The first kappa shape index (κ1) is 24.4. The Kier molecular flexibility index (Phi) is 7.15. The van der Waals surface area contributed by atoms with Crippen LogP contribution in [0.5, 0.6) is 0 Å². The van der Waals surface area contributed by atoms with Crippen LogP contribution < -0.4 is 0 Å². The Morgan fingerprint density at radius 1 is 0.657 bits per heavy atom. The molecule has 0 heterocycles. The number of amides is 1. The summed E-state index contributed by atoms with van der Waals surface area (Å²) in [6.07, 6.45) is 0. The van der Waals surface area contributed by atoms with Crippen LogP contribution in [0, 0.1) is 13.8 Å². The molecule has 0 aliphatic carbocycles. The van der Waals surface area contributed by atoms with Crippen LogP contribution in [0.2, 0.25) is 0 Å². The fourth-order valence-corrected chi connectivity index (χ4v) is 4.44. The molecule has 4 aromatic carbocycles. The SMILES string of the molecule is Cc1ccc(C(O)(C(=O)N(C(c2ccccc2)c2ccccc2)N(C)C)c2ccc(C)cc2)cc1. The summed E-state index contributed by atoms with van der Waals surface area (Å²) in [6.45, 7) is 3.98. The molecule has 1 amide bonds. The second kappa shape index (κ2) is 10.3. The Balaban J connectivity index is 1.93. The van der Waals surface area contributed by atoms with Gasteiger partial charge >= 0.3 is 0 Å². The lowest BCUT2D eigenvalue weighted by atomic mass is 9.83. The van der Waals surface area contributed by atoms with Crippen molar-refractivity contribution in [1.29, 1.82) is 0 Å². The molecule has 4 nitrogen and oxygen atoms in total. The first-order chi connectivity index (χ1) is 16.8. The summed E-state index contributed by atoms with van der Waals surface area (Å²) < 4.78 is 0. The van der Waals surface area contributed by atoms with Gasteiger partial charge in [-0.25, -0.2) is 5.01 Å². The van der Waals surface area contributed by atoms with E-state index in [0.717, 1.165) is 22.3 Å². The van der Waals surface area contributed by atoms with Gasteiger partial charge in [0, 0.05) is 14.1 Å². The van der Waals surface area contributed by atoms with Crippen LogP contribution >= 0.6 is 0 Å². The first-order valence-corrected chi connectivity index (χ1v) is 11.8. The minimum Gasteiger partial charge on any atom is -0.372 e. The van der Waals surface area contributed by atoms with Crippen LogP contribution in [-0.4, -0.2) is 35.1 Å². The molecular weight excluding hydrogens is 432 g/mol. The zero-order valence-electron chi connectivity index (χ0n) is 20.7. The van der Waals surface area contributed by atoms with E-state index in [9.17, 15) is 9.90 Å². The number of aryl methyl sites for hydroxylation is 2. The average molecular weight is 465 g/mol. The number of rotatable bonds is 7. The quantitative estimate of drug-likeness (QED) is 0.360. The van der Waals surface area contributed by atoms with E-state index in [1.165, 1.54) is 0 Å². The Hall–Kier alpha value is -3.73. The van der Waals surface area contributed by atoms with E-state index in [0.29, 0.717) is 11.1 Å². The predicted octanol–water partition coefficient (Wildman–Crippen LogP) is 5.63. The highest BCUT2D eigenvalue weighted by Crippen LogP contribution is 2.37. The van der Waals surface area contributed by atoms with Gasteiger partial charge in [0.1, 0.15) is 0 Å². The van der Waals surface area contributed by atoms with Gasteiger partial charge in [-0.1, -0.05) is 120 Å². The third kappa shape index (κ3) is 4.90. The fourth-order valence-electron chi connectivity index (χ4n) is 4.44. The van der Waals surface area contributed by atoms with Crippen molar-refractivity contribution in [3.8, 4) is 0 Å². The highest BCUT2D eigenvalue weighted by atomic mass is 16.3. The highest BCUT2D eigenvalue weighted by molar-refractivity contribution is 5.90. The van der Waals surface area contributed by atoms with Gasteiger partial charge in [-0.15, -0.1) is 0 Å².